The predicted molar refractivity (Wildman–Crippen MR) is 94.1 cm³/mol. The number of anilines is 2. The second-order valence-corrected chi connectivity index (χ2v) is 5.48. The summed E-state index contributed by atoms with van der Waals surface area (Å²) in [4.78, 5) is 21.2. The first-order valence-corrected chi connectivity index (χ1v) is 7.84. The van der Waals surface area contributed by atoms with Crippen molar-refractivity contribution in [3.05, 3.63) is 51.8 Å². The van der Waals surface area contributed by atoms with Crippen LogP contribution in [0.5, 0.6) is 0 Å². The van der Waals surface area contributed by atoms with Gasteiger partial charge in [0, 0.05) is 36.9 Å². The minimum absolute atomic E-state index is 0.0245. The number of nitro groups is 1. The van der Waals surface area contributed by atoms with Crippen molar-refractivity contribution in [1.82, 2.24) is 9.97 Å². The number of hydrogen-bond donors (Lipinski definition) is 1. The highest BCUT2D eigenvalue weighted by Gasteiger charge is 2.14. The van der Waals surface area contributed by atoms with Crippen LogP contribution < -0.4 is 10.3 Å². The first-order valence-electron chi connectivity index (χ1n) is 7.84. The lowest BCUT2D eigenvalue weighted by Crippen LogP contribution is -2.36. The van der Waals surface area contributed by atoms with E-state index in [1.54, 1.807) is 12.1 Å². The Kier molecular flexibility index (Phi) is 5.14. The number of nitro benzene ring substituents is 1. The molecule has 0 bridgehead atoms. The summed E-state index contributed by atoms with van der Waals surface area (Å²) in [5.74, 6) is 2.02. The van der Waals surface area contributed by atoms with Gasteiger partial charge in [0.05, 0.1) is 24.4 Å². The van der Waals surface area contributed by atoms with Gasteiger partial charge in [0.25, 0.3) is 5.69 Å². The van der Waals surface area contributed by atoms with Crippen molar-refractivity contribution in [1.29, 1.82) is 0 Å². The van der Waals surface area contributed by atoms with Crippen LogP contribution in [0.25, 0.3) is 0 Å². The molecule has 1 aromatic heterocycles. The lowest BCUT2D eigenvalue weighted by atomic mass is 10.2. The third-order valence-electron chi connectivity index (χ3n) is 3.63. The molecule has 1 aromatic carbocycles. The van der Waals surface area contributed by atoms with E-state index in [-0.39, 0.29) is 5.69 Å². The number of hydrogen-bond acceptors (Lipinski definition) is 8. The summed E-state index contributed by atoms with van der Waals surface area (Å²) in [6.07, 6.45) is 1.51. The zero-order valence-corrected chi connectivity index (χ0v) is 13.8. The van der Waals surface area contributed by atoms with E-state index in [1.807, 2.05) is 13.0 Å². The summed E-state index contributed by atoms with van der Waals surface area (Å²) >= 11 is 0. The number of benzene rings is 1. The van der Waals surface area contributed by atoms with Gasteiger partial charge in [0.1, 0.15) is 11.6 Å². The van der Waals surface area contributed by atoms with E-state index in [0.29, 0.717) is 30.4 Å². The number of hydrazone groups is 1. The van der Waals surface area contributed by atoms with Crippen molar-refractivity contribution < 1.29 is 9.66 Å². The maximum atomic E-state index is 10.8. The molecule has 0 amide bonds. The van der Waals surface area contributed by atoms with Crippen molar-refractivity contribution in [3.63, 3.8) is 0 Å². The molecule has 1 fully saturated rings. The van der Waals surface area contributed by atoms with Crippen LogP contribution in [0.15, 0.2) is 35.4 Å². The van der Waals surface area contributed by atoms with Crippen LogP contribution >= 0.6 is 0 Å². The van der Waals surface area contributed by atoms with Gasteiger partial charge >= 0.3 is 0 Å². The topological polar surface area (TPSA) is 106 Å². The monoisotopic (exact) mass is 342 g/mol. The molecular weight excluding hydrogens is 324 g/mol. The van der Waals surface area contributed by atoms with Crippen molar-refractivity contribution >= 4 is 23.5 Å². The average Bonchev–Trinajstić information content (AvgIpc) is 2.62. The summed E-state index contributed by atoms with van der Waals surface area (Å²) < 4.78 is 5.35. The van der Waals surface area contributed by atoms with E-state index in [4.69, 9.17) is 4.74 Å². The number of non-ortho nitro benzene ring substituents is 1. The maximum absolute atomic E-state index is 10.8. The van der Waals surface area contributed by atoms with Crippen molar-refractivity contribution in [2.75, 3.05) is 36.6 Å². The number of aryl methyl sites for hydroxylation is 1. The van der Waals surface area contributed by atoms with Gasteiger partial charge in [-0.05, 0) is 6.92 Å². The largest absolute Gasteiger partial charge is 0.378 e. The lowest BCUT2D eigenvalue weighted by molar-refractivity contribution is -0.384. The molecule has 1 aliphatic heterocycles. The summed E-state index contributed by atoms with van der Waals surface area (Å²) in [6, 6.07) is 8.07. The molecule has 0 saturated carbocycles. The number of nitrogens with one attached hydrogen (secondary N) is 1. The quantitative estimate of drug-likeness (QED) is 0.503. The number of nitrogens with zero attached hydrogens (tertiary/aromatic N) is 5. The Balaban J connectivity index is 1.71. The fourth-order valence-electron chi connectivity index (χ4n) is 2.46. The van der Waals surface area contributed by atoms with Crippen LogP contribution in [-0.2, 0) is 4.74 Å². The van der Waals surface area contributed by atoms with Gasteiger partial charge in [-0.3, -0.25) is 15.5 Å². The van der Waals surface area contributed by atoms with Crippen LogP contribution in [0.1, 0.15) is 11.4 Å². The van der Waals surface area contributed by atoms with E-state index >= 15 is 0 Å². The molecule has 2 heterocycles. The summed E-state index contributed by atoms with van der Waals surface area (Å²) in [5.41, 5.74) is 3.50. The molecule has 0 aliphatic carbocycles. The number of aromatic nitrogens is 2. The Bertz CT molecular complexity index is 789. The summed E-state index contributed by atoms with van der Waals surface area (Å²) in [5, 5.41) is 14.9. The van der Waals surface area contributed by atoms with E-state index in [2.05, 4.69) is 25.4 Å². The minimum atomic E-state index is -0.437. The van der Waals surface area contributed by atoms with Gasteiger partial charge in [-0.1, -0.05) is 12.1 Å². The van der Waals surface area contributed by atoms with E-state index < -0.39 is 4.92 Å². The first kappa shape index (κ1) is 16.8. The molecule has 130 valence electrons. The van der Waals surface area contributed by atoms with Gasteiger partial charge in [0.2, 0.25) is 0 Å². The molecule has 9 nitrogen and oxygen atoms in total. The Morgan fingerprint density at radius 2 is 2.12 bits per heavy atom. The Morgan fingerprint density at radius 1 is 1.32 bits per heavy atom. The molecule has 1 saturated heterocycles. The van der Waals surface area contributed by atoms with Gasteiger partial charge < -0.3 is 9.64 Å². The van der Waals surface area contributed by atoms with E-state index in [0.717, 1.165) is 18.9 Å². The molecule has 3 rings (SSSR count). The standard InChI is InChI=1S/C16H18N6O3/c1-12-18-15(10-16(19-12)21-5-7-25-8-6-21)20-17-11-13-3-2-4-14(9-13)22(23)24/h2-4,9-11H,5-8H2,1H3,(H,18,19,20)/b17-11-. The fourth-order valence-corrected chi connectivity index (χ4v) is 2.46. The molecule has 2 aromatic rings. The van der Waals surface area contributed by atoms with E-state index in [9.17, 15) is 10.1 Å². The van der Waals surface area contributed by atoms with Crippen LogP contribution in [0.4, 0.5) is 17.3 Å². The van der Waals surface area contributed by atoms with Gasteiger partial charge in [-0.15, -0.1) is 0 Å². The molecule has 0 radical (unpaired) electrons. The fraction of sp³-hybridized carbons (Fsp3) is 0.312. The third-order valence-corrected chi connectivity index (χ3v) is 3.63. The van der Waals surface area contributed by atoms with Crippen molar-refractivity contribution in [3.8, 4) is 0 Å². The molecule has 0 unspecified atom stereocenters. The number of morpholine rings is 1. The molecule has 0 atom stereocenters. The van der Waals surface area contributed by atoms with Crippen LogP contribution in [-0.4, -0.2) is 47.4 Å². The molecule has 9 heteroatoms. The lowest BCUT2D eigenvalue weighted by Gasteiger charge is -2.28. The maximum Gasteiger partial charge on any atom is 0.270 e. The van der Waals surface area contributed by atoms with Gasteiger partial charge in [-0.25, -0.2) is 9.97 Å². The first-order chi connectivity index (χ1) is 12.1. The Morgan fingerprint density at radius 3 is 2.88 bits per heavy atom. The summed E-state index contributed by atoms with van der Waals surface area (Å²) in [6.45, 7) is 4.74. The minimum Gasteiger partial charge on any atom is -0.378 e. The average molecular weight is 342 g/mol. The number of ether oxygens (including phenoxy) is 1. The predicted octanol–water partition coefficient (Wildman–Crippen LogP) is 1.98. The summed E-state index contributed by atoms with van der Waals surface area (Å²) in [7, 11) is 0. The smallest absolute Gasteiger partial charge is 0.270 e. The normalized spacial score (nSPS) is 14.7. The zero-order chi connectivity index (χ0) is 17.6. The van der Waals surface area contributed by atoms with Crippen LogP contribution in [0.3, 0.4) is 0 Å². The highest BCUT2D eigenvalue weighted by molar-refractivity contribution is 5.81. The van der Waals surface area contributed by atoms with E-state index in [1.165, 1.54) is 18.3 Å². The van der Waals surface area contributed by atoms with Crippen LogP contribution in [0, 0.1) is 17.0 Å². The molecular formula is C16H18N6O3. The Labute approximate surface area is 144 Å². The van der Waals surface area contributed by atoms with Gasteiger partial charge in [-0.2, -0.15) is 5.10 Å². The second-order valence-electron chi connectivity index (χ2n) is 5.48. The molecule has 25 heavy (non-hydrogen) atoms. The molecule has 0 spiro atoms. The third kappa shape index (κ3) is 4.48. The number of rotatable bonds is 5. The highest BCUT2D eigenvalue weighted by atomic mass is 16.6. The second kappa shape index (κ2) is 7.67. The molecule has 1 N–H and O–H groups in total. The zero-order valence-electron chi connectivity index (χ0n) is 13.8. The van der Waals surface area contributed by atoms with Crippen molar-refractivity contribution in [2.24, 2.45) is 5.10 Å². The molecule has 1 aliphatic rings. The highest BCUT2D eigenvalue weighted by Crippen LogP contribution is 2.17. The van der Waals surface area contributed by atoms with Crippen molar-refractivity contribution in [2.45, 2.75) is 6.92 Å². The SMILES string of the molecule is Cc1nc(N/N=C\c2cccc([N+](=O)[O-])c2)cc(N2CCOCC2)n1. The Hall–Kier alpha value is -3.07. The van der Waals surface area contributed by atoms with Gasteiger partial charge in [0.15, 0.2) is 5.82 Å². The van der Waals surface area contributed by atoms with Crippen LogP contribution in [0.2, 0.25) is 0 Å².